The van der Waals surface area contributed by atoms with Gasteiger partial charge in [0.25, 0.3) is 0 Å². The van der Waals surface area contributed by atoms with Gasteiger partial charge in [-0.25, -0.2) is 8.42 Å². The number of rotatable bonds is 4. The molecule has 0 aliphatic rings. The van der Waals surface area contributed by atoms with Crippen LogP contribution < -0.4 is 0 Å². The van der Waals surface area contributed by atoms with Crippen LogP contribution in [0.2, 0.25) is 0 Å². The van der Waals surface area contributed by atoms with E-state index in [1.165, 1.54) is 6.92 Å². The molecule has 1 aromatic rings. The van der Waals surface area contributed by atoms with E-state index >= 15 is 0 Å². The fraction of sp³-hybridized carbons (Fsp3) is 0.400. The van der Waals surface area contributed by atoms with E-state index in [9.17, 15) is 13.5 Å². The molecule has 0 aliphatic heterocycles. The number of aliphatic hydroxyl groups is 1. The van der Waals surface area contributed by atoms with Crippen LogP contribution in [0.15, 0.2) is 28.7 Å². The summed E-state index contributed by atoms with van der Waals surface area (Å²) in [6.45, 7) is 1.50. The van der Waals surface area contributed by atoms with Gasteiger partial charge in [0.15, 0.2) is 9.84 Å². The summed E-state index contributed by atoms with van der Waals surface area (Å²) in [7, 11) is -3.56. The number of sulfone groups is 1. The monoisotopic (exact) mass is 452 g/mol. The third kappa shape index (κ3) is 3.34. The first-order chi connectivity index (χ1) is 7.72. The molecule has 0 unspecified atom stereocenters. The molecule has 0 aliphatic carbocycles. The fourth-order valence-electron chi connectivity index (χ4n) is 1.20. The summed E-state index contributed by atoms with van der Waals surface area (Å²) in [6, 6.07) is 6.72. The van der Waals surface area contributed by atoms with Gasteiger partial charge in [0.2, 0.25) is 2.21 Å². The Labute approximate surface area is 128 Å². The van der Waals surface area contributed by atoms with Gasteiger partial charge in [-0.15, -0.1) is 0 Å². The Morgan fingerprint density at radius 3 is 2.35 bits per heavy atom. The summed E-state index contributed by atoms with van der Waals surface area (Å²) in [6.07, 6.45) is -1.28. The molecule has 0 fully saturated rings. The second-order valence-electron chi connectivity index (χ2n) is 3.42. The first kappa shape index (κ1) is 15.7. The van der Waals surface area contributed by atoms with Crippen LogP contribution in [0.25, 0.3) is 0 Å². The standard InChI is InChI=1S/C10H11BrClIO3S/c1-2-17(15,16)10(12,13)9(14)7-3-5-8(11)6-4-7/h3-6,9,14H,2H2,1H3/t9-,10-/m1/s1. The molecule has 0 bridgehead atoms. The minimum Gasteiger partial charge on any atom is -0.385 e. The van der Waals surface area contributed by atoms with Crippen LogP contribution in [0.3, 0.4) is 0 Å². The maximum atomic E-state index is 11.8. The second kappa shape index (κ2) is 5.73. The maximum Gasteiger partial charge on any atom is 0.225 e. The predicted octanol–water partition coefficient (Wildman–Crippen LogP) is 3.24. The topological polar surface area (TPSA) is 54.4 Å². The van der Waals surface area contributed by atoms with Gasteiger partial charge in [-0.05, 0) is 40.3 Å². The number of halogens is 3. The van der Waals surface area contributed by atoms with Crippen LogP contribution in [0.5, 0.6) is 0 Å². The van der Waals surface area contributed by atoms with Gasteiger partial charge in [-0.2, -0.15) is 0 Å². The maximum absolute atomic E-state index is 11.8. The van der Waals surface area contributed by atoms with Crippen molar-refractivity contribution in [3.63, 3.8) is 0 Å². The van der Waals surface area contributed by atoms with E-state index in [2.05, 4.69) is 15.9 Å². The molecule has 17 heavy (non-hydrogen) atoms. The highest BCUT2D eigenvalue weighted by atomic mass is 127. The molecule has 0 radical (unpaired) electrons. The molecule has 0 aromatic heterocycles. The summed E-state index contributed by atoms with van der Waals surface area (Å²) in [5, 5.41) is 10.1. The van der Waals surface area contributed by atoms with E-state index in [-0.39, 0.29) is 5.75 Å². The molecule has 1 aromatic carbocycles. The lowest BCUT2D eigenvalue weighted by molar-refractivity contribution is 0.187. The van der Waals surface area contributed by atoms with Crippen molar-refractivity contribution >= 4 is 60.0 Å². The van der Waals surface area contributed by atoms with Crippen LogP contribution >= 0.6 is 50.1 Å². The first-order valence-electron chi connectivity index (χ1n) is 4.76. The quantitative estimate of drug-likeness (QED) is 0.563. The third-order valence-corrected chi connectivity index (χ3v) is 8.15. The summed E-state index contributed by atoms with van der Waals surface area (Å²) >= 11 is 10.8. The van der Waals surface area contributed by atoms with Crippen molar-refractivity contribution in [2.75, 3.05) is 5.75 Å². The Balaban J connectivity index is 3.12. The molecule has 0 spiro atoms. The zero-order valence-electron chi connectivity index (χ0n) is 8.90. The lowest BCUT2D eigenvalue weighted by Crippen LogP contribution is -2.34. The van der Waals surface area contributed by atoms with E-state index in [0.29, 0.717) is 5.56 Å². The van der Waals surface area contributed by atoms with Crippen molar-refractivity contribution in [3.8, 4) is 0 Å². The Morgan fingerprint density at radius 2 is 1.94 bits per heavy atom. The van der Waals surface area contributed by atoms with E-state index in [4.69, 9.17) is 11.6 Å². The smallest absolute Gasteiger partial charge is 0.225 e. The first-order valence-corrected chi connectivity index (χ1v) is 8.66. The summed E-state index contributed by atoms with van der Waals surface area (Å²) in [4.78, 5) is 0. The van der Waals surface area contributed by atoms with Gasteiger partial charge in [0.05, 0.1) is 5.75 Å². The second-order valence-corrected chi connectivity index (χ2v) is 10.7. The molecule has 2 atom stereocenters. The largest absolute Gasteiger partial charge is 0.385 e. The van der Waals surface area contributed by atoms with Crippen LogP contribution in [0.1, 0.15) is 18.6 Å². The number of hydrogen-bond donors (Lipinski definition) is 1. The molecule has 1 rings (SSSR count). The fourth-order valence-corrected chi connectivity index (χ4v) is 4.07. The highest BCUT2D eigenvalue weighted by molar-refractivity contribution is 14.1. The minimum absolute atomic E-state index is 0.118. The molecular weight excluding hydrogens is 442 g/mol. The van der Waals surface area contributed by atoms with Gasteiger partial charge in [0.1, 0.15) is 6.10 Å². The normalized spacial score (nSPS) is 17.5. The van der Waals surface area contributed by atoms with Gasteiger partial charge >= 0.3 is 0 Å². The van der Waals surface area contributed by atoms with Gasteiger partial charge < -0.3 is 5.11 Å². The molecule has 96 valence electrons. The van der Waals surface area contributed by atoms with Crippen molar-refractivity contribution in [3.05, 3.63) is 34.3 Å². The molecular formula is C10H11BrClIO3S. The molecule has 7 heteroatoms. The Morgan fingerprint density at radius 1 is 1.47 bits per heavy atom. The number of aliphatic hydroxyl groups excluding tert-OH is 1. The molecule has 1 N–H and O–H groups in total. The average molecular weight is 454 g/mol. The van der Waals surface area contributed by atoms with Crippen molar-refractivity contribution in [1.29, 1.82) is 0 Å². The zero-order chi connectivity index (χ0) is 13.3. The predicted molar refractivity (Wildman–Crippen MR) is 81.2 cm³/mol. The van der Waals surface area contributed by atoms with Gasteiger partial charge in [0, 0.05) is 4.47 Å². The summed E-state index contributed by atoms with van der Waals surface area (Å²) in [5.74, 6) is -0.118. The molecule has 0 amide bonds. The molecule has 0 heterocycles. The Hall–Kier alpha value is 0.630. The van der Waals surface area contributed by atoms with Crippen LogP contribution in [-0.4, -0.2) is 21.5 Å². The lowest BCUT2D eigenvalue weighted by atomic mass is 10.1. The van der Waals surface area contributed by atoms with Gasteiger partial charge in [-0.3, -0.25) is 0 Å². The van der Waals surface area contributed by atoms with Crippen LogP contribution in [0.4, 0.5) is 0 Å². The van der Waals surface area contributed by atoms with E-state index in [1.807, 2.05) is 0 Å². The van der Waals surface area contributed by atoms with Crippen LogP contribution in [0, 0.1) is 0 Å². The van der Waals surface area contributed by atoms with Crippen molar-refractivity contribution in [1.82, 2.24) is 0 Å². The highest BCUT2D eigenvalue weighted by Gasteiger charge is 2.45. The van der Waals surface area contributed by atoms with Crippen molar-refractivity contribution < 1.29 is 13.5 Å². The Kier molecular flexibility index (Phi) is 5.29. The number of hydrogen-bond acceptors (Lipinski definition) is 3. The van der Waals surface area contributed by atoms with Crippen molar-refractivity contribution in [2.24, 2.45) is 0 Å². The highest BCUT2D eigenvalue weighted by Crippen LogP contribution is 2.43. The number of alkyl halides is 2. The molecule has 3 nitrogen and oxygen atoms in total. The summed E-state index contributed by atoms with van der Waals surface area (Å²) in [5.41, 5.74) is 0.467. The molecule has 0 saturated carbocycles. The van der Waals surface area contributed by atoms with E-state index in [0.717, 1.165) is 4.47 Å². The van der Waals surface area contributed by atoms with E-state index < -0.39 is 18.2 Å². The zero-order valence-corrected chi connectivity index (χ0v) is 14.2. The average Bonchev–Trinajstić information content (AvgIpc) is 2.28. The number of benzene rings is 1. The SMILES string of the molecule is CCS(=O)(=O)[C@](Cl)(I)[C@H](O)c1ccc(Br)cc1. The van der Waals surface area contributed by atoms with Gasteiger partial charge in [-0.1, -0.05) is 46.6 Å². The minimum atomic E-state index is -3.56. The third-order valence-electron chi connectivity index (χ3n) is 2.30. The van der Waals surface area contributed by atoms with Crippen molar-refractivity contribution in [2.45, 2.75) is 15.2 Å². The van der Waals surface area contributed by atoms with Crippen LogP contribution in [-0.2, 0) is 9.84 Å². The Bertz CT molecular complexity index is 487. The lowest BCUT2D eigenvalue weighted by Gasteiger charge is -2.25. The summed E-state index contributed by atoms with van der Waals surface area (Å²) < 4.78 is 22.7. The molecule has 0 saturated heterocycles. The van der Waals surface area contributed by atoms with E-state index in [1.54, 1.807) is 46.9 Å².